The molecule has 0 bridgehead atoms. The minimum absolute atomic E-state index is 0. The molecule has 1 aliphatic heterocycles. The molecule has 0 spiro atoms. The third kappa shape index (κ3) is 5.05. The van der Waals surface area contributed by atoms with Crippen LogP contribution >= 0.6 is 11.8 Å². The molecule has 4 N–H and O–H groups in total. The SMILES string of the molecule is C[C@H]1CN(c2cc(S(=O)(=O)NC3(C)CC3)cc3c(C(=N)SC(=N)C(F)F)ncn23)C[C@H](C)N1.[HH].[HH]. The van der Waals surface area contributed by atoms with Crippen LogP contribution in [0.15, 0.2) is 23.4 Å². The second-order valence-electron chi connectivity index (χ2n) is 9.03. The van der Waals surface area contributed by atoms with Gasteiger partial charge in [-0.1, -0.05) is 0 Å². The summed E-state index contributed by atoms with van der Waals surface area (Å²) >= 11 is 0.308. The van der Waals surface area contributed by atoms with E-state index < -0.39 is 27.0 Å². The monoisotopic (exact) mass is 503 g/mol. The Morgan fingerprint density at radius 1 is 1.30 bits per heavy atom. The standard InChI is InChI=1S/C20H27F2N7O2S2.2H2/c1-11-8-28(9-12(2)26-11)15-7-13(33(30,31)27-20(3)4-5-20)6-14-16(25-10-29(14)15)18(23)32-19(24)17(21)22;;/h6-7,10-12,17,23-24,26-27H,4-5,8-9H2,1-3H3;2*1H/t11-,12-;;/m0../s1. The summed E-state index contributed by atoms with van der Waals surface area (Å²) in [5.74, 6) is 0.592. The van der Waals surface area contributed by atoms with Gasteiger partial charge in [-0.3, -0.25) is 15.2 Å². The van der Waals surface area contributed by atoms with Crippen molar-refractivity contribution in [3.8, 4) is 0 Å². The molecule has 9 nitrogen and oxygen atoms in total. The number of rotatable bonds is 6. The molecule has 2 aromatic rings. The molecule has 0 amide bonds. The zero-order valence-electron chi connectivity index (χ0n) is 18.5. The van der Waals surface area contributed by atoms with Gasteiger partial charge < -0.3 is 10.2 Å². The van der Waals surface area contributed by atoms with Crippen molar-refractivity contribution in [2.24, 2.45) is 0 Å². The van der Waals surface area contributed by atoms with Crippen LogP contribution in [0.2, 0.25) is 0 Å². The second-order valence-corrected chi connectivity index (χ2v) is 11.8. The summed E-state index contributed by atoms with van der Waals surface area (Å²) in [6.45, 7) is 7.18. The lowest BCUT2D eigenvalue weighted by atomic mass is 10.1. The Kier molecular flexibility index (Phi) is 6.27. The van der Waals surface area contributed by atoms with Crippen molar-refractivity contribution in [2.45, 2.75) is 62.6 Å². The Morgan fingerprint density at radius 3 is 2.52 bits per heavy atom. The van der Waals surface area contributed by atoms with Crippen molar-refractivity contribution in [1.29, 1.82) is 10.8 Å². The smallest absolute Gasteiger partial charge is 0.285 e. The Balaban J connectivity index is 0.00000216. The number of anilines is 1. The fraction of sp³-hybridized carbons (Fsp3) is 0.550. The van der Waals surface area contributed by atoms with Crippen LogP contribution in [0, 0.1) is 10.8 Å². The van der Waals surface area contributed by atoms with E-state index in [1.807, 2.05) is 20.8 Å². The van der Waals surface area contributed by atoms with E-state index in [-0.39, 0.29) is 30.6 Å². The molecule has 1 aliphatic carbocycles. The van der Waals surface area contributed by atoms with Crippen LogP contribution in [-0.2, 0) is 10.0 Å². The predicted octanol–water partition coefficient (Wildman–Crippen LogP) is 3.14. The molecule has 0 unspecified atom stereocenters. The number of pyridine rings is 1. The van der Waals surface area contributed by atoms with Gasteiger partial charge in [0, 0.05) is 33.6 Å². The topological polar surface area (TPSA) is 126 Å². The minimum atomic E-state index is -3.86. The normalized spacial score (nSPS) is 22.7. The number of hydrogen-bond donors (Lipinski definition) is 4. The highest BCUT2D eigenvalue weighted by molar-refractivity contribution is 8.26. The maximum Gasteiger partial charge on any atom is 0.285 e. The second kappa shape index (κ2) is 8.60. The van der Waals surface area contributed by atoms with Crippen molar-refractivity contribution in [2.75, 3.05) is 18.0 Å². The fourth-order valence-electron chi connectivity index (χ4n) is 4.01. The number of aromatic nitrogens is 2. The largest absolute Gasteiger partial charge is 0.355 e. The summed E-state index contributed by atoms with van der Waals surface area (Å²) in [7, 11) is -3.86. The number of nitrogens with one attached hydrogen (secondary N) is 4. The fourth-order valence-corrected chi connectivity index (χ4v) is 6.08. The number of nitrogens with zero attached hydrogens (tertiary/aromatic N) is 3. The van der Waals surface area contributed by atoms with Crippen LogP contribution in [-0.4, -0.2) is 65.0 Å². The molecule has 3 heterocycles. The number of halogens is 2. The first-order valence-corrected chi connectivity index (χ1v) is 12.9. The van der Waals surface area contributed by atoms with E-state index in [4.69, 9.17) is 10.8 Å². The molecule has 2 atom stereocenters. The van der Waals surface area contributed by atoms with Gasteiger partial charge in [0.15, 0.2) is 0 Å². The van der Waals surface area contributed by atoms with Gasteiger partial charge in [-0.15, -0.1) is 0 Å². The molecule has 13 heteroatoms. The highest BCUT2D eigenvalue weighted by Gasteiger charge is 2.41. The third-order valence-corrected chi connectivity index (χ3v) is 8.21. The lowest BCUT2D eigenvalue weighted by Gasteiger charge is -2.38. The van der Waals surface area contributed by atoms with Gasteiger partial charge in [0.25, 0.3) is 6.43 Å². The van der Waals surface area contributed by atoms with Crippen LogP contribution < -0.4 is 14.9 Å². The van der Waals surface area contributed by atoms with Gasteiger partial charge in [0.05, 0.1) is 10.4 Å². The molecular weight excluding hydrogens is 472 g/mol. The molecule has 2 fully saturated rings. The highest BCUT2D eigenvalue weighted by atomic mass is 32.2. The Bertz CT molecular complexity index is 1210. The number of fused-ring (bicyclic) bond motifs is 1. The van der Waals surface area contributed by atoms with E-state index >= 15 is 0 Å². The summed E-state index contributed by atoms with van der Waals surface area (Å²) in [6.07, 6.45) is -0.0282. The summed E-state index contributed by atoms with van der Waals surface area (Å²) in [4.78, 5) is 6.31. The van der Waals surface area contributed by atoms with Gasteiger partial charge >= 0.3 is 0 Å². The van der Waals surface area contributed by atoms with Crippen molar-refractivity contribution >= 4 is 43.2 Å². The van der Waals surface area contributed by atoms with Crippen molar-refractivity contribution < 1.29 is 20.1 Å². The van der Waals surface area contributed by atoms with Gasteiger partial charge in [0.2, 0.25) is 10.0 Å². The van der Waals surface area contributed by atoms with Crippen LogP contribution in [0.3, 0.4) is 0 Å². The molecule has 1 saturated carbocycles. The van der Waals surface area contributed by atoms with E-state index in [9.17, 15) is 17.2 Å². The maximum atomic E-state index is 13.2. The number of sulfonamides is 1. The number of piperazine rings is 1. The summed E-state index contributed by atoms with van der Waals surface area (Å²) in [6, 6.07) is 3.33. The molecular formula is C20H31F2N7O2S2. The van der Waals surface area contributed by atoms with Crippen molar-refractivity contribution in [1.82, 2.24) is 19.4 Å². The molecule has 33 heavy (non-hydrogen) atoms. The number of thioether (sulfide) groups is 1. The van der Waals surface area contributed by atoms with E-state index in [1.165, 1.54) is 12.4 Å². The zero-order valence-corrected chi connectivity index (χ0v) is 20.2. The summed E-state index contributed by atoms with van der Waals surface area (Å²) in [5, 5.41) is 17.8. The molecule has 1 saturated heterocycles. The molecule has 2 aromatic heterocycles. The molecule has 2 aliphatic rings. The summed E-state index contributed by atoms with van der Waals surface area (Å²) in [5.41, 5.74) is -0.106. The predicted molar refractivity (Wildman–Crippen MR) is 130 cm³/mol. The summed E-state index contributed by atoms with van der Waals surface area (Å²) < 4.78 is 56.5. The minimum Gasteiger partial charge on any atom is -0.355 e. The quantitative estimate of drug-likeness (QED) is 0.354. The lowest BCUT2D eigenvalue weighted by Crippen LogP contribution is -2.54. The van der Waals surface area contributed by atoms with Gasteiger partial charge in [-0.25, -0.2) is 26.9 Å². The molecule has 4 rings (SSSR count). The van der Waals surface area contributed by atoms with Gasteiger partial charge in [0.1, 0.15) is 27.9 Å². The highest BCUT2D eigenvalue weighted by Crippen LogP contribution is 2.37. The van der Waals surface area contributed by atoms with Crippen molar-refractivity contribution in [3.63, 3.8) is 0 Å². The lowest BCUT2D eigenvalue weighted by molar-refractivity contribution is 0.228. The first kappa shape index (κ1) is 24.0. The van der Waals surface area contributed by atoms with Crippen LogP contribution in [0.1, 0.15) is 42.2 Å². The number of alkyl halides is 2. The first-order chi connectivity index (χ1) is 15.4. The zero-order chi connectivity index (χ0) is 24.1. The van der Waals surface area contributed by atoms with Gasteiger partial charge in [-0.2, -0.15) is 0 Å². The number of hydrogen-bond acceptors (Lipinski definition) is 8. The molecule has 0 radical (unpaired) electrons. The van der Waals surface area contributed by atoms with Crippen molar-refractivity contribution in [3.05, 3.63) is 24.2 Å². The van der Waals surface area contributed by atoms with Gasteiger partial charge in [-0.05, 0) is 57.5 Å². The van der Waals surface area contributed by atoms with Crippen LogP contribution in [0.5, 0.6) is 0 Å². The van der Waals surface area contributed by atoms with E-state index in [0.29, 0.717) is 36.2 Å². The van der Waals surface area contributed by atoms with Crippen LogP contribution in [0.25, 0.3) is 5.52 Å². The maximum absolute atomic E-state index is 13.2. The Labute approximate surface area is 198 Å². The van der Waals surface area contributed by atoms with E-state index in [0.717, 1.165) is 12.8 Å². The van der Waals surface area contributed by atoms with E-state index in [1.54, 1.807) is 10.5 Å². The number of imidazole rings is 1. The van der Waals surface area contributed by atoms with Crippen LogP contribution in [0.4, 0.5) is 14.6 Å². The average Bonchev–Trinajstić information content (AvgIpc) is 3.26. The van der Waals surface area contributed by atoms with E-state index in [2.05, 4.69) is 19.9 Å². The molecule has 184 valence electrons. The Hall–Kier alpha value is -2.09. The first-order valence-electron chi connectivity index (χ1n) is 10.6. The average molecular weight is 504 g/mol. The Morgan fingerprint density at radius 2 is 1.94 bits per heavy atom. The molecule has 0 aromatic carbocycles. The third-order valence-electron chi connectivity index (χ3n) is 5.80.